The van der Waals surface area contributed by atoms with Gasteiger partial charge < -0.3 is 9.47 Å². The number of carbonyl (C=O) groups excluding carboxylic acids is 1. The summed E-state index contributed by atoms with van der Waals surface area (Å²) >= 11 is 0. The van der Waals surface area contributed by atoms with E-state index in [4.69, 9.17) is 0 Å². The Labute approximate surface area is 154 Å². The third-order valence-electron chi connectivity index (χ3n) is 5.37. The van der Waals surface area contributed by atoms with Gasteiger partial charge in [-0.05, 0) is 24.0 Å². The fraction of sp³-hybridized carbons (Fsp3) is 0.273. The van der Waals surface area contributed by atoms with Gasteiger partial charge in [0.1, 0.15) is 6.54 Å². The Morgan fingerprint density at radius 3 is 2.23 bits per heavy atom. The minimum Gasteiger partial charge on any atom is -0.340 e. The Hall–Kier alpha value is -2.88. The van der Waals surface area contributed by atoms with E-state index in [1.54, 1.807) is 12.5 Å². The molecule has 0 saturated carbocycles. The zero-order valence-corrected chi connectivity index (χ0v) is 14.8. The van der Waals surface area contributed by atoms with Gasteiger partial charge in [-0.3, -0.25) is 4.79 Å². The molecule has 0 aliphatic carbocycles. The van der Waals surface area contributed by atoms with Crippen molar-refractivity contribution >= 4 is 5.91 Å². The molecule has 1 amide bonds. The zero-order chi connectivity index (χ0) is 17.8. The largest absolute Gasteiger partial charge is 0.340 e. The highest BCUT2D eigenvalue weighted by Crippen LogP contribution is 2.40. The molecule has 132 valence electrons. The number of nitrogens with zero attached hydrogens (tertiary/aromatic N) is 3. The summed E-state index contributed by atoms with van der Waals surface area (Å²) in [6.45, 7) is 1.88. The van der Waals surface area contributed by atoms with E-state index in [2.05, 4.69) is 53.5 Å². The van der Waals surface area contributed by atoms with E-state index >= 15 is 0 Å². The van der Waals surface area contributed by atoms with Crippen molar-refractivity contribution in [3.8, 4) is 0 Å². The van der Waals surface area contributed by atoms with Crippen LogP contribution in [0, 0.1) is 0 Å². The van der Waals surface area contributed by atoms with Crippen LogP contribution >= 0.6 is 0 Å². The molecule has 0 atom stereocenters. The number of benzene rings is 2. The van der Waals surface area contributed by atoms with E-state index in [1.165, 1.54) is 11.1 Å². The van der Waals surface area contributed by atoms with Crippen molar-refractivity contribution in [1.29, 1.82) is 0 Å². The highest BCUT2D eigenvalue weighted by atomic mass is 16.2. The molecule has 26 heavy (non-hydrogen) atoms. The molecule has 4 heteroatoms. The lowest BCUT2D eigenvalue weighted by molar-refractivity contribution is -0.133. The van der Waals surface area contributed by atoms with Crippen LogP contribution in [0.1, 0.15) is 24.0 Å². The molecular formula is C22H23N3O. The van der Waals surface area contributed by atoms with Crippen molar-refractivity contribution in [1.82, 2.24) is 14.5 Å². The molecular weight excluding hydrogens is 322 g/mol. The first-order valence-electron chi connectivity index (χ1n) is 9.12. The minimum atomic E-state index is -0.147. The molecule has 0 radical (unpaired) electrons. The molecule has 3 aromatic rings. The van der Waals surface area contributed by atoms with Gasteiger partial charge in [0.15, 0.2) is 0 Å². The second-order valence-electron chi connectivity index (χ2n) is 6.97. The van der Waals surface area contributed by atoms with Gasteiger partial charge in [-0.15, -0.1) is 0 Å². The summed E-state index contributed by atoms with van der Waals surface area (Å²) in [5, 5.41) is 0. The summed E-state index contributed by atoms with van der Waals surface area (Å²) in [5.41, 5.74) is 2.42. The van der Waals surface area contributed by atoms with Gasteiger partial charge in [-0.2, -0.15) is 0 Å². The van der Waals surface area contributed by atoms with E-state index in [-0.39, 0.29) is 11.3 Å². The van der Waals surface area contributed by atoms with Gasteiger partial charge in [0.25, 0.3) is 0 Å². The highest BCUT2D eigenvalue weighted by Gasteiger charge is 2.39. The van der Waals surface area contributed by atoms with Crippen LogP contribution in [-0.4, -0.2) is 33.4 Å². The predicted molar refractivity (Wildman–Crippen MR) is 102 cm³/mol. The monoisotopic (exact) mass is 345 g/mol. The second kappa shape index (κ2) is 7.16. The molecule has 0 bridgehead atoms. The molecule has 4 nitrogen and oxygen atoms in total. The minimum absolute atomic E-state index is 0.147. The molecule has 0 unspecified atom stereocenters. The lowest BCUT2D eigenvalue weighted by Crippen LogP contribution is -2.50. The zero-order valence-electron chi connectivity index (χ0n) is 14.8. The molecule has 1 aliphatic heterocycles. The number of hydrogen-bond donors (Lipinski definition) is 0. The van der Waals surface area contributed by atoms with Crippen LogP contribution in [0.25, 0.3) is 0 Å². The number of aromatic nitrogens is 2. The lowest BCUT2D eigenvalue weighted by atomic mass is 9.69. The Kier molecular flexibility index (Phi) is 4.57. The molecule has 2 aromatic carbocycles. The predicted octanol–water partition coefficient (Wildman–Crippen LogP) is 3.49. The fourth-order valence-electron chi connectivity index (χ4n) is 4.06. The SMILES string of the molecule is O=C(Cn1ccnc1)N1CCCC(c2ccccc2)(c2ccccc2)C1. The molecule has 1 aromatic heterocycles. The highest BCUT2D eigenvalue weighted by molar-refractivity contribution is 5.76. The summed E-state index contributed by atoms with van der Waals surface area (Å²) in [4.78, 5) is 18.9. The lowest BCUT2D eigenvalue weighted by Gasteiger charge is -2.44. The average Bonchev–Trinajstić information content (AvgIpc) is 3.22. The topological polar surface area (TPSA) is 38.1 Å². The number of imidazole rings is 1. The Bertz CT molecular complexity index is 804. The van der Waals surface area contributed by atoms with E-state index in [1.807, 2.05) is 27.8 Å². The third-order valence-corrected chi connectivity index (χ3v) is 5.37. The molecule has 0 N–H and O–H groups in total. The summed E-state index contributed by atoms with van der Waals surface area (Å²) in [5.74, 6) is 0.152. The third kappa shape index (κ3) is 3.15. The van der Waals surface area contributed by atoms with Crippen molar-refractivity contribution in [2.75, 3.05) is 13.1 Å². The first-order chi connectivity index (χ1) is 12.8. The van der Waals surface area contributed by atoms with Crippen molar-refractivity contribution in [2.24, 2.45) is 0 Å². The van der Waals surface area contributed by atoms with Crippen LogP contribution in [0.2, 0.25) is 0 Å². The Morgan fingerprint density at radius 2 is 1.65 bits per heavy atom. The maximum Gasteiger partial charge on any atom is 0.242 e. The van der Waals surface area contributed by atoms with Crippen molar-refractivity contribution in [3.05, 3.63) is 90.5 Å². The quantitative estimate of drug-likeness (QED) is 0.726. The first-order valence-corrected chi connectivity index (χ1v) is 9.12. The van der Waals surface area contributed by atoms with E-state index < -0.39 is 0 Å². The smallest absolute Gasteiger partial charge is 0.242 e. The molecule has 1 saturated heterocycles. The van der Waals surface area contributed by atoms with E-state index in [9.17, 15) is 4.79 Å². The number of amides is 1. The van der Waals surface area contributed by atoms with Gasteiger partial charge >= 0.3 is 0 Å². The van der Waals surface area contributed by atoms with Gasteiger partial charge in [0, 0.05) is 30.9 Å². The van der Waals surface area contributed by atoms with Gasteiger partial charge in [0.2, 0.25) is 5.91 Å². The van der Waals surface area contributed by atoms with Crippen LogP contribution in [0.4, 0.5) is 0 Å². The van der Waals surface area contributed by atoms with Crippen molar-refractivity contribution < 1.29 is 4.79 Å². The molecule has 0 spiro atoms. The van der Waals surface area contributed by atoms with Crippen LogP contribution in [0.15, 0.2) is 79.4 Å². The van der Waals surface area contributed by atoms with Crippen LogP contribution < -0.4 is 0 Å². The van der Waals surface area contributed by atoms with Crippen molar-refractivity contribution in [3.63, 3.8) is 0 Å². The van der Waals surface area contributed by atoms with E-state index in [0.717, 1.165) is 19.4 Å². The van der Waals surface area contributed by atoms with Crippen LogP contribution in [0.5, 0.6) is 0 Å². The number of piperidine rings is 1. The Balaban J connectivity index is 1.67. The second-order valence-corrected chi connectivity index (χ2v) is 6.97. The van der Waals surface area contributed by atoms with E-state index in [0.29, 0.717) is 13.1 Å². The van der Waals surface area contributed by atoms with Crippen LogP contribution in [0.3, 0.4) is 0 Å². The van der Waals surface area contributed by atoms with Gasteiger partial charge in [0.05, 0.1) is 6.33 Å². The van der Waals surface area contributed by atoms with Gasteiger partial charge in [-0.1, -0.05) is 60.7 Å². The number of rotatable bonds is 4. The normalized spacial score (nSPS) is 16.4. The number of hydrogen-bond acceptors (Lipinski definition) is 2. The Morgan fingerprint density at radius 1 is 1.00 bits per heavy atom. The summed E-state index contributed by atoms with van der Waals surface area (Å²) in [6.07, 6.45) is 7.30. The molecule has 1 fully saturated rings. The number of likely N-dealkylation sites (tertiary alicyclic amines) is 1. The number of carbonyl (C=O) groups is 1. The molecule has 4 rings (SSSR count). The van der Waals surface area contributed by atoms with Crippen LogP contribution in [-0.2, 0) is 16.8 Å². The summed E-state index contributed by atoms with van der Waals surface area (Å²) < 4.78 is 1.84. The summed E-state index contributed by atoms with van der Waals surface area (Å²) in [7, 11) is 0. The summed E-state index contributed by atoms with van der Waals surface area (Å²) in [6, 6.07) is 21.2. The fourth-order valence-corrected chi connectivity index (χ4v) is 4.06. The molecule has 1 aliphatic rings. The standard InChI is InChI=1S/C22H23N3O/c26-21(16-24-15-13-23-18-24)25-14-7-12-22(17-25,19-8-3-1-4-9-19)20-10-5-2-6-11-20/h1-6,8-11,13,15,18H,7,12,14,16-17H2. The average molecular weight is 345 g/mol. The van der Waals surface area contributed by atoms with Crippen molar-refractivity contribution in [2.45, 2.75) is 24.8 Å². The maximum atomic E-state index is 12.9. The van der Waals surface area contributed by atoms with Gasteiger partial charge in [-0.25, -0.2) is 4.98 Å². The first kappa shape index (κ1) is 16.6. The molecule has 2 heterocycles. The maximum absolute atomic E-state index is 12.9.